The molecule has 0 amide bonds. The van der Waals surface area contributed by atoms with Gasteiger partial charge in [0, 0.05) is 18.5 Å². The van der Waals surface area contributed by atoms with E-state index in [1.165, 1.54) is 0 Å². The van der Waals surface area contributed by atoms with E-state index in [2.05, 4.69) is 5.43 Å². The van der Waals surface area contributed by atoms with Gasteiger partial charge in [0.25, 0.3) is 0 Å². The molecule has 4 heteroatoms. The van der Waals surface area contributed by atoms with Gasteiger partial charge < -0.3 is 9.47 Å². The van der Waals surface area contributed by atoms with Gasteiger partial charge in [-0.25, -0.2) is 0 Å². The number of hydrogen-bond donors (Lipinski definition) is 2. The fourth-order valence-electron chi connectivity index (χ4n) is 1.50. The van der Waals surface area contributed by atoms with Crippen molar-refractivity contribution >= 4 is 0 Å². The lowest BCUT2D eigenvalue weighted by molar-refractivity contribution is 0.296. The van der Waals surface area contributed by atoms with Crippen molar-refractivity contribution in [2.45, 2.75) is 13.0 Å². The van der Waals surface area contributed by atoms with E-state index in [1.807, 2.05) is 18.2 Å². The maximum atomic E-state index is 5.61. The van der Waals surface area contributed by atoms with Gasteiger partial charge in [-0.15, -0.1) is 0 Å². The van der Waals surface area contributed by atoms with Gasteiger partial charge in [0.1, 0.15) is 0 Å². The van der Waals surface area contributed by atoms with E-state index in [0.717, 1.165) is 23.5 Å². The summed E-state index contributed by atoms with van der Waals surface area (Å²) in [5.74, 6) is 6.92. The number of hydrazine groups is 1. The second kappa shape index (κ2) is 4.30. The summed E-state index contributed by atoms with van der Waals surface area (Å²) in [5.41, 5.74) is 3.65. The SMILES string of the molecule is NNCc1cccc2c1OCCCO2. The molecule has 0 aliphatic carbocycles. The van der Waals surface area contributed by atoms with Crippen molar-refractivity contribution in [1.29, 1.82) is 0 Å². The van der Waals surface area contributed by atoms with E-state index in [9.17, 15) is 0 Å². The molecular formula is C10H14N2O2. The number of rotatable bonds is 2. The molecule has 1 aromatic rings. The van der Waals surface area contributed by atoms with Gasteiger partial charge in [-0.3, -0.25) is 11.3 Å². The minimum absolute atomic E-state index is 0.590. The molecule has 0 atom stereocenters. The lowest BCUT2D eigenvalue weighted by Gasteiger charge is -2.11. The second-order valence-corrected chi connectivity index (χ2v) is 3.18. The first-order valence-corrected chi connectivity index (χ1v) is 4.73. The quantitative estimate of drug-likeness (QED) is 0.540. The number of fused-ring (bicyclic) bond motifs is 1. The van der Waals surface area contributed by atoms with Crippen LogP contribution >= 0.6 is 0 Å². The van der Waals surface area contributed by atoms with Crippen molar-refractivity contribution in [3.8, 4) is 11.5 Å². The summed E-state index contributed by atoms with van der Waals surface area (Å²) in [6, 6.07) is 5.84. The predicted molar refractivity (Wildman–Crippen MR) is 53.1 cm³/mol. The van der Waals surface area contributed by atoms with Crippen LogP contribution in [0.1, 0.15) is 12.0 Å². The summed E-state index contributed by atoms with van der Waals surface area (Å²) in [7, 11) is 0. The minimum Gasteiger partial charge on any atom is -0.490 e. The van der Waals surface area contributed by atoms with Crippen LogP contribution in [0.3, 0.4) is 0 Å². The Morgan fingerprint density at radius 1 is 1.29 bits per heavy atom. The summed E-state index contributed by atoms with van der Waals surface area (Å²) in [6.07, 6.45) is 0.921. The number of ether oxygens (including phenoxy) is 2. The zero-order valence-electron chi connectivity index (χ0n) is 7.95. The Kier molecular flexibility index (Phi) is 2.86. The Bertz CT molecular complexity index is 315. The van der Waals surface area contributed by atoms with Gasteiger partial charge in [0.15, 0.2) is 11.5 Å². The van der Waals surface area contributed by atoms with Crippen LogP contribution in [0.15, 0.2) is 18.2 Å². The second-order valence-electron chi connectivity index (χ2n) is 3.18. The molecule has 14 heavy (non-hydrogen) atoms. The number of hydrogen-bond acceptors (Lipinski definition) is 4. The largest absolute Gasteiger partial charge is 0.490 e. The van der Waals surface area contributed by atoms with Crippen molar-refractivity contribution < 1.29 is 9.47 Å². The first kappa shape index (κ1) is 9.30. The average Bonchev–Trinajstić information content (AvgIpc) is 2.44. The maximum absolute atomic E-state index is 5.61. The number of nitrogens with two attached hydrogens (primary N) is 1. The van der Waals surface area contributed by atoms with Crippen LogP contribution in [-0.4, -0.2) is 13.2 Å². The molecule has 0 spiro atoms. The predicted octanol–water partition coefficient (Wildman–Crippen LogP) is 0.811. The molecule has 1 aliphatic rings. The fraction of sp³-hybridized carbons (Fsp3) is 0.400. The summed E-state index contributed by atoms with van der Waals surface area (Å²) in [4.78, 5) is 0. The van der Waals surface area contributed by atoms with Crippen LogP contribution in [0.4, 0.5) is 0 Å². The van der Waals surface area contributed by atoms with Crippen LogP contribution in [0, 0.1) is 0 Å². The molecule has 3 N–H and O–H groups in total. The molecule has 1 aromatic carbocycles. The number of benzene rings is 1. The molecule has 4 nitrogen and oxygen atoms in total. The summed E-state index contributed by atoms with van der Waals surface area (Å²) >= 11 is 0. The Morgan fingerprint density at radius 3 is 3.00 bits per heavy atom. The molecular weight excluding hydrogens is 180 g/mol. The van der Waals surface area contributed by atoms with Crippen molar-refractivity contribution in [1.82, 2.24) is 5.43 Å². The molecule has 0 fully saturated rings. The lowest BCUT2D eigenvalue weighted by Crippen LogP contribution is -2.21. The van der Waals surface area contributed by atoms with Crippen LogP contribution < -0.4 is 20.7 Å². The maximum Gasteiger partial charge on any atom is 0.165 e. The number of para-hydroxylation sites is 1. The fourth-order valence-corrected chi connectivity index (χ4v) is 1.50. The Balaban J connectivity index is 2.32. The zero-order valence-corrected chi connectivity index (χ0v) is 7.95. The van der Waals surface area contributed by atoms with E-state index < -0.39 is 0 Å². The Labute approximate surface area is 83.0 Å². The first-order valence-electron chi connectivity index (χ1n) is 4.73. The third-order valence-corrected chi connectivity index (χ3v) is 2.15. The van der Waals surface area contributed by atoms with Crippen LogP contribution in [0.25, 0.3) is 0 Å². The van der Waals surface area contributed by atoms with E-state index in [1.54, 1.807) is 0 Å². The Morgan fingerprint density at radius 2 is 2.14 bits per heavy atom. The molecule has 1 heterocycles. The van der Waals surface area contributed by atoms with Gasteiger partial charge >= 0.3 is 0 Å². The topological polar surface area (TPSA) is 56.5 Å². The van der Waals surface area contributed by atoms with Gasteiger partial charge in [0.2, 0.25) is 0 Å². The standard InChI is InChI=1S/C10H14N2O2/c11-12-7-8-3-1-4-9-10(8)14-6-2-5-13-9/h1,3-4,12H,2,5-7,11H2. The summed E-state index contributed by atoms with van der Waals surface area (Å²) in [5, 5.41) is 0. The van der Waals surface area contributed by atoms with Gasteiger partial charge in [-0.05, 0) is 6.07 Å². The highest BCUT2D eigenvalue weighted by atomic mass is 16.5. The molecule has 0 aromatic heterocycles. The van der Waals surface area contributed by atoms with Crippen molar-refractivity contribution in [2.24, 2.45) is 5.84 Å². The monoisotopic (exact) mass is 194 g/mol. The molecule has 76 valence electrons. The van der Waals surface area contributed by atoms with Crippen LogP contribution in [0.2, 0.25) is 0 Å². The normalized spacial score (nSPS) is 14.9. The van der Waals surface area contributed by atoms with Crippen molar-refractivity contribution in [2.75, 3.05) is 13.2 Å². The Hall–Kier alpha value is -1.26. The average molecular weight is 194 g/mol. The van der Waals surface area contributed by atoms with E-state index in [0.29, 0.717) is 19.8 Å². The molecule has 0 unspecified atom stereocenters. The summed E-state index contributed by atoms with van der Waals surface area (Å²) in [6.45, 7) is 2.01. The van der Waals surface area contributed by atoms with Gasteiger partial charge in [0.05, 0.1) is 13.2 Å². The van der Waals surface area contributed by atoms with Gasteiger partial charge in [-0.2, -0.15) is 0 Å². The van der Waals surface area contributed by atoms with Crippen LogP contribution in [0.5, 0.6) is 11.5 Å². The molecule has 0 saturated carbocycles. The van der Waals surface area contributed by atoms with Crippen molar-refractivity contribution in [3.05, 3.63) is 23.8 Å². The minimum atomic E-state index is 0.590. The zero-order chi connectivity index (χ0) is 9.80. The smallest absolute Gasteiger partial charge is 0.165 e. The van der Waals surface area contributed by atoms with E-state index >= 15 is 0 Å². The molecule has 1 aliphatic heterocycles. The lowest BCUT2D eigenvalue weighted by atomic mass is 10.2. The molecule has 0 saturated heterocycles. The molecule has 0 bridgehead atoms. The van der Waals surface area contributed by atoms with E-state index in [4.69, 9.17) is 15.3 Å². The molecule has 0 radical (unpaired) electrons. The van der Waals surface area contributed by atoms with Crippen molar-refractivity contribution in [3.63, 3.8) is 0 Å². The highest BCUT2D eigenvalue weighted by Gasteiger charge is 2.13. The van der Waals surface area contributed by atoms with Gasteiger partial charge in [-0.1, -0.05) is 12.1 Å². The molecule has 2 rings (SSSR count). The van der Waals surface area contributed by atoms with E-state index in [-0.39, 0.29) is 0 Å². The summed E-state index contributed by atoms with van der Waals surface area (Å²) < 4.78 is 11.2. The van der Waals surface area contributed by atoms with Crippen LogP contribution in [-0.2, 0) is 6.54 Å². The third-order valence-electron chi connectivity index (χ3n) is 2.15. The highest BCUT2D eigenvalue weighted by Crippen LogP contribution is 2.32. The first-order chi connectivity index (χ1) is 6.92. The highest BCUT2D eigenvalue weighted by molar-refractivity contribution is 5.46. The number of nitrogens with one attached hydrogen (secondary N) is 1. The third kappa shape index (κ3) is 1.81.